The molecule has 0 unspecified atom stereocenters. The Balaban J connectivity index is 3.43. The lowest BCUT2D eigenvalue weighted by Crippen LogP contribution is -2.07. The topological polar surface area (TPSA) is 68.7 Å². The van der Waals surface area contributed by atoms with E-state index in [0.29, 0.717) is 22.6 Å². The van der Waals surface area contributed by atoms with E-state index in [1.807, 2.05) is 0 Å². The standard InChI is InChI=1S/C12H15NO4/c1-7(12(14)15)10-9(6-16-3)5-13-8(2)11(10)17-4/h5H,1,6H2,2-4H3,(H,14,15). The van der Waals surface area contributed by atoms with Crippen molar-refractivity contribution >= 4 is 11.5 Å². The predicted octanol–water partition coefficient (Wildman–Crippen LogP) is 1.64. The molecule has 0 aromatic carbocycles. The summed E-state index contributed by atoms with van der Waals surface area (Å²) in [6, 6.07) is 0. The van der Waals surface area contributed by atoms with Crippen LogP contribution in [0.4, 0.5) is 0 Å². The highest BCUT2D eigenvalue weighted by Crippen LogP contribution is 2.31. The largest absolute Gasteiger partial charge is 0.494 e. The van der Waals surface area contributed by atoms with Gasteiger partial charge < -0.3 is 14.6 Å². The maximum absolute atomic E-state index is 11.0. The van der Waals surface area contributed by atoms with Crippen molar-refractivity contribution in [3.63, 3.8) is 0 Å². The van der Waals surface area contributed by atoms with Crippen molar-refractivity contribution in [2.24, 2.45) is 0 Å². The van der Waals surface area contributed by atoms with E-state index in [0.717, 1.165) is 0 Å². The first-order valence-corrected chi connectivity index (χ1v) is 4.96. The smallest absolute Gasteiger partial charge is 0.335 e. The van der Waals surface area contributed by atoms with Gasteiger partial charge in [-0.25, -0.2) is 4.79 Å². The van der Waals surface area contributed by atoms with Crippen molar-refractivity contribution < 1.29 is 19.4 Å². The second-order valence-electron chi connectivity index (χ2n) is 3.49. The molecular formula is C12H15NO4. The first kappa shape index (κ1) is 13.2. The highest BCUT2D eigenvalue weighted by atomic mass is 16.5. The van der Waals surface area contributed by atoms with Gasteiger partial charge in [-0.1, -0.05) is 6.58 Å². The van der Waals surface area contributed by atoms with Crippen molar-refractivity contribution in [1.82, 2.24) is 4.98 Å². The molecule has 1 aromatic heterocycles. The summed E-state index contributed by atoms with van der Waals surface area (Å²) in [5, 5.41) is 9.02. The van der Waals surface area contributed by atoms with Crippen molar-refractivity contribution in [1.29, 1.82) is 0 Å². The average Bonchev–Trinajstić information content (AvgIpc) is 2.30. The number of carbonyl (C=O) groups is 1. The average molecular weight is 237 g/mol. The van der Waals surface area contributed by atoms with Crippen LogP contribution in [0.2, 0.25) is 0 Å². The number of methoxy groups -OCH3 is 2. The molecule has 1 aromatic rings. The zero-order chi connectivity index (χ0) is 13.0. The summed E-state index contributed by atoms with van der Waals surface area (Å²) >= 11 is 0. The molecule has 92 valence electrons. The lowest BCUT2D eigenvalue weighted by atomic mass is 10.0. The van der Waals surface area contributed by atoms with E-state index < -0.39 is 5.97 Å². The maximum atomic E-state index is 11.0. The van der Waals surface area contributed by atoms with Gasteiger partial charge in [0.15, 0.2) is 0 Å². The van der Waals surface area contributed by atoms with Gasteiger partial charge in [-0.05, 0) is 6.92 Å². The van der Waals surface area contributed by atoms with Gasteiger partial charge in [-0.2, -0.15) is 0 Å². The van der Waals surface area contributed by atoms with Crippen LogP contribution >= 0.6 is 0 Å². The fraction of sp³-hybridized carbons (Fsp3) is 0.333. The van der Waals surface area contributed by atoms with Gasteiger partial charge in [0.1, 0.15) is 5.75 Å². The molecule has 0 aliphatic heterocycles. The molecule has 5 nitrogen and oxygen atoms in total. The zero-order valence-corrected chi connectivity index (χ0v) is 10.1. The van der Waals surface area contributed by atoms with Crippen molar-refractivity contribution in [2.45, 2.75) is 13.5 Å². The van der Waals surface area contributed by atoms with Gasteiger partial charge >= 0.3 is 5.97 Å². The summed E-state index contributed by atoms with van der Waals surface area (Å²) in [4.78, 5) is 15.2. The number of aromatic nitrogens is 1. The summed E-state index contributed by atoms with van der Waals surface area (Å²) in [6.07, 6.45) is 1.57. The van der Waals surface area contributed by atoms with Crippen molar-refractivity contribution in [3.8, 4) is 5.75 Å². The van der Waals surface area contributed by atoms with Crippen molar-refractivity contribution in [2.75, 3.05) is 14.2 Å². The Morgan fingerprint density at radius 1 is 1.53 bits per heavy atom. The van der Waals surface area contributed by atoms with E-state index in [2.05, 4.69) is 11.6 Å². The number of carboxylic acids is 1. The van der Waals surface area contributed by atoms with Crippen LogP contribution in [0.25, 0.3) is 5.57 Å². The molecule has 0 bridgehead atoms. The molecular weight excluding hydrogens is 222 g/mol. The predicted molar refractivity (Wildman–Crippen MR) is 62.9 cm³/mol. The number of ether oxygens (including phenoxy) is 2. The van der Waals surface area contributed by atoms with E-state index in [1.54, 1.807) is 13.1 Å². The Morgan fingerprint density at radius 2 is 2.18 bits per heavy atom. The zero-order valence-electron chi connectivity index (χ0n) is 10.1. The minimum atomic E-state index is -1.09. The first-order chi connectivity index (χ1) is 8.02. The second-order valence-corrected chi connectivity index (χ2v) is 3.49. The van der Waals surface area contributed by atoms with Crippen LogP contribution in [-0.2, 0) is 16.1 Å². The molecule has 1 heterocycles. The Kier molecular flexibility index (Phi) is 4.23. The molecule has 0 amide bonds. The third kappa shape index (κ3) is 2.62. The number of hydrogen-bond donors (Lipinski definition) is 1. The fourth-order valence-electron chi connectivity index (χ4n) is 1.58. The highest BCUT2D eigenvalue weighted by Gasteiger charge is 2.19. The SMILES string of the molecule is C=C(C(=O)O)c1c(COC)cnc(C)c1OC. The number of aliphatic carboxylic acids is 1. The maximum Gasteiger partial charge on any atom is 0.335 e. The summed E-state index contributed by atoms with van der Waals surface area (Å²) in [5.41, 5.74) is 1.67. The second kappa shape index (κ2) is 5.45. The molecule has 0 atom stereocenters. The van der Waals surface area contributed by atoms with Gasteiger partial charge in [0.25, 0.3) is 0 Å². The van der Waals surface area contributed by atoms with E-state index in [1.165, 1.54) is 14.2 Å². The Labute approximate surface area is 99.7 Å². The molecule has 0 aliphatic carbocycles. The lowest BCUT2D eigenvalue weighted by Gasteiger charge is -2.14. The third-order valence-corrected chi connectivity index (χ3v) is 2.35. The quantitative estimate of drug-likeness (QED) is 0.788. The van der Waals surface area contributed by atoms with Crippen LogP contribution in [0.5, 0.6) is 5.75 Å². The van der Waals surface area contributed by atoms with Crippen LogP contribution in [-0.4, -0.2) is 30.3 Å². The molecule has 0 spiro atoms. The van der Waals surface area contributed by atoms with Gasteiger partial charge in [-0.15, -0.1) is 0 Å². The summed E-state index contributed by atoms with van der Waals surface area (Å²) in [6.45, 7) is 5.55. The number of aryl methyl sites for hydroxylation is 1. The van der Waals surface area contributed by atoms with Crippen LogP contribution in [0.3, 0.4) is 0 Å². The molecule has 0 saturated heterocycles. The van der Waals surface area contributed by atoms with Gasteiger partial charge in [0.2, 0.25) is 0 Å². The molecule has 5 heteroatoms. The fourth-order valence-corrected chi connectivity index (χ4v) is 1.58. The highest BCUT2D eigenvalue weighted by molar-refractivity contribution is 6.15. The molecule has 0 saturated carbocycles. The lowest BCUT2D eigenvalue weighted by molar-refractivity contribution is -0.130. The Morgan fingerprint density at radius 3 is 2.65 bits per heavy atom. The first-order valence-electron chi connectivity index (χ1n) is 4.96. The van der Waals surface area contributed by atoms with Crippen LogP contribution < -0.4 is 4.74 Å². The molecule has 0 aliphatic rings. The third-order valence-electron chi connectivity index (χ3n) is 2.35. The molecule has 1 N–H and O–H groups in total. The number of nitrogens with zero attached hydrogens (tertiary/aromatic N) is 1. The van der Waals surface area contributed by atoms with Crippen molar-refractivity contribution in [3.05, 3.63) is 29.6 Å². The molecule has 0 radical (unpaired) electrons. The number of rotatable bonds is 5. The van der Waals surface area contributed by atoms with Crippen LogP contribution in [0.1, 0.15) is 16.8 Å². The van der Waals surface area contributed by atoms with Crippen LogP contribution in [0, 0.1) is 6.92 Å². The normalized spacial score (nSPS) is 10.1. The van der Waals surface area contributed by atoms with E-state index in [9.17, 15) is 4.79 Å². The molecule has 0 fully saturated rings. The Bertz CT molecular complexity index is 454. The monoisotopic (exact) mass is 237 g/mol. The number of carboxylic acid groups (broad SMARTS) is 1. The van der Waals surface area contributed by atoms with Gasteiger partial charge in [-0.3, -0.25) is 4.98 Å². The minimum absolute atomic E-state index is 0.0283. The minimum Gasteiger partial charge on any atom is -0.494 e. The van der Waals surface area contributed by atoms with Crippen LogP contribution in [0.15, 0.2) is 12.8 Å². The van der Waals surface area contributed by atoms with E-state index in [-0.39, 0.29) is 12.2 Å². The van der Waals surface area contributed by atoms with E-state index in [4.69, 9.17) is 14.6 Å². The molecule has 1 rings (SSSR count). The summed E-state index contributed by atoms with van der Waals surface area (Å²) < 4.78 is 10.2. The van der Waals surface area contributed by atoms with E-state index >= 15 is 0 Å². The van der Waals surface area contributed by atoms with Gasteiger partial charge in [0.05, 0.1) is 25.0 Å². The van der Waals surface area contributed by atoms with Gasteiger partial charge in [0, 0.05) is 24.4 Å². The number of hydrogen-bond acceptors (Lipinski definition) is 4. The summed E-state index contributed by atoms with van der Waals surface area (Å²) in [5.74, 6) is -0.668. The summed E-state index contributed by atoms with van der Waals surface area (Å²) in [7, 11) is 3.00. The molecule has 17 heavy (non-hydrogen) atoms. The number of pyridine rings is 1. The Hall–Kier alpha value is -1.88.